The molecule has 2 aromatic rings. The predicted molar refractivity (Wildman–Crippen MR) is 73.9 cm³/mol. The van der Waals surface area contributed by atoms with Crippen LogP contribution in [-0.4, -0.2) is 11.1 Å². The van der Waals surface area contributed by atoms with Gasteiger partial charge in [-0.2, -0.15) is 0 Å². The van der Waals surface area contributed by atoms with Crippen LogP contribution in [0.1, 0.15) is 18.1 Å². The lowest BCUT2D eigenvalue weighted by molar-refractivity contribution is 0.472. The van der Waals surface area contributed by atoms with Crippen molar-refractivity contribution in [3.05, 3.63) is 59.7 Å². The molecule has 2 heteroatoms. The lowest BCUT2D eigenvalue weighted by Crippen LogP contribution is -2.38. The van der Waals surface area contributed by atoms with Crippen LogP contribution >= 0.6 is 0 Å². The Hall–Kier alpha value is -1.96. The number of anilines is 1. The summed E-state index contributed by atoms with van der Waals surface area (Å²) >= 11 is 0. The van der Waals surface area contributed by atoms with Gasteiger partial charge >= 0.3 is 0 Å². The van der Waals surface area contributed by atoms with E-state index >= 15 is 0 Å². The van der Waals surface area contributed by atoms with Crippen molar-refractivity contribution in [1.29, 1.82) is 0 Å². The normalized spacial score (nSPS) is 18.5. The number of hydrogen-bond acceptors (Lipinski definition) is 2. The molecule has 92 valence electrons. The molecule has 0 spiro atoms. The molecule has 3 rings (SSSR count). The minimum Gasteiger partial charge on any atom is -0.508 e. The highest BCUT2D eigenvalue weighted by atomic mass is 16.3. The molecule has 1 aliphatic rings. The Bertz CT molecular complexity index is 550. The number of benzene rings is 2. The summed E-state index contributed by atoms with van der Waals surface area (Å²) in [5, 5.41) is 9.54. The van der Waals surface area contributed by atoms with Crippen LogP contribution in [0.25, 0.3) is 0 Å². The highest BCUT2D eigenvalue weighted by molar-refractivity contribution is 5.51. The fraction of sp³-hybridized carbons (Fsp3) is 0.250. The van der Waals surface area contributed by atoms with Crippen LogP contribution in [0.15, 0.2) is 48.5 Å². The van der Waals surface area contributed by atoms with Crippen LogP contribution in [0, 0.1) is 0 Å². The molecule has 0 radical (unpaired) electrons. The van der Waals surface area contributed by atoms with Gasteiger partial charge in [0, 0.05) is 18.3 Å². The number of rotatable bonds is 1. The Kier molecular flexibility index (Phi) is 2.71. The number of phenols is 1. The van der Waals surface area contributed by atoms with Crippen molar-refractivity contribution in [2.75, 3.05) is 4.90 Å². The molecule has 0 fully saturated rings. The van der Waals surface area contributed by atoms with Crippen molar-refractivity contribution in [3.63, 3.8) is 0 Å². The second-order valence-electron chi connectivity index (χ2n) is 4.97. The zero-order valence-corrected chi connectivity index (χ0v) is 10.5. The van der Waals surface area contributed by atoms with E-state index in [9.17, 15) is 5.11 Å². The number of aromatic hydroxyl groups is 1. The van der Waals surface area contributed by atoms with E-state index in [1.54, 1.807) is 6.07 Å². The highest BCUT2D eigenvalue weighted by Crippen LogP contribution is 2.29. The predicted octanol–water partition coefficient (Wildman–Crippen LogP) is 3.34. The smallest absolute Gasteiger partial charge is 0.115 e. The Morgan fingerprint density at radius 2 is 1.83 bits per heavy atom. The van der Waals surface area contributed by atoms with Crippen LogP contribution in [0.3, 0.4) is 0 Å². The van der Waals surface area contributed by atoms with Gasteiger partial charge < -0.3 is 10.0 Å². The average molecular weight is 239 g/mol. The van der Waals surface area contributed by atoms with E-state index in [4.69, 9.17) is 0 Å². The molecule has 0 saturated heterocycles. The van der Waals surface area contributed by atoms with Gasteiger partial charge in [0.15, 0.2) is 0 Å². The third-order valence-electron chi connectivity index (χ3n) is 3.67. The molecule has 1 atom stereocenters. The Morgan fingerprint density at radius 3 is 2.61 bits per heavy atom. The summed E-state index contributed by atoms with van der Waals surface area (Å²) in [6.07, 6.45) is 0.985. The Labute approximate surface area is 107 Å². The Balaban J connectivity index is 1.95. The molecular formula is C16H17NO. The first-order valence-electron chi connectivity index (χ1n) is 6.36. The SMILES string of the molecule is CC1Cc2cc(O)ccc2CN1c1ccccc1. The lowest BCUT2D eigenvalue weighted by Gasteiger charge is -2.36. The van der Waals surface area contributed by atoms with Gasteiger partial charge in [-0.05, 0) is 48.7 Å². The number of hydrogen-bond donors (Lipinski definition) is 1. The molecule has 0 aromatic heterocycles. The minimum atomic E-state index is 0.370. The fourth-order valence-corrected chi connectivity index (χ4v) is 2.69. The van der Waals surface area contributed by atoms with Crippen LogP contribution < -0.4 is 4.90 Å². The molecule has 1 heterocycles. The van der Waals surface area contributed by atoms with E-state index in [1.807, 2.05) is 18.2 Å². The molecule has 2 nitrogen and oxygen atoms in total. The Morgan fingerprint density at radius 1 is 1.06 bits per heavy atom. The van der Waals surface area contributed by atoms with Crippen molar-refractivity contribution < 1.29 is 5.11 Å². The third kappa shape index (κ3) is 1.94. The summed E-state index contributed by atoms with van der Waals surface area (Å²) in [7, 11) is 0. The zero-order chi connectivity index (χ0) is 12.5. The maximum atomic E-state index is 9.54. The largest absolute Gasteiger partial charge is 0.508 e. The molecular weight excluding hydrogens is 222 g/mol. The zero-order valence-electron chi connectivity index (χ0n) is 10.5. The van der Waals surface area contributed by atoms with Crippen molar-refractivity contribution in [1.82, 2.24) is 0 Å². The molecule has 0 bridgehead atoms. The molecule has 18 heavy (non-hydrogen) atoms. The van der Waals surface area contributed by atoms with E-state index in [2.05, 4.69) is 36.1 Å². The second-order valence-corrected chi connectivity index (χ2v) is 4.97. The van der Waals surface area contributed by atoms with E-state index < -0.39 is 0 Å². The lowest BCUT2D eigenvalue weighted by atomic mass is 9.94. The number of fused-ring (bicyclic) bond motifs is 1. The van der Waals surface area contributed by atoms with Gasteiger partial charge in [0.05, 0.1) is 0 Å². The topological polar surface area (TPSA) is 23.5 Å². The maximum absolute atomic E-state index is 9.54. The monoisotopic (exact) mass is 239 g/mol. The molecule has 0 amide bonds. The molecule has 1 unspecified atom stereocenters. The number of nitrogens with zero attached hydrogens (tertiary/aromatic N) is 1. The summed E-state index contributed by atoms with van der Waals surface area (Å²) in [6, 6.07) is 16.7. The summed E-state index contributed by atoms with van der Waals surface area (Å²) in [4.78, 5) is 2.42. The third-order valence-corrected chi connectivity index (χ3v) is 3.67. The van der Waals surface area contributed by atoms with E-state index in [0.29, 0.717) is 11.8 Å². The van der Waals surface area contributed by atoms with Gasteiger partial charge in [-0.15, -0.1) is 0 Å². The van der Waals surface area contributed by atoms with Crippen molar-refractivity contribution >= 4 is 5.69 Å². The fourth-order valence-electron chi connectivity index (χ4n) is 2.69. The van der Waals surface area contributed by atoms with Crippen LogP contribution in [0.2, 0.25) is 0 Å². The first-order valence-corrected chi connectivity index (χ1v) is 6.36. The number of para-hydroxylation sites is 1. The van der Waals surface area contributed by atoms with Crippen LogP contribution in [0.5, 0.6) is 5.75 Å². The standard InChI is InChI=1S/C16H17NO/c1-12-9-14-10-16(18)8-7-13(14)11-17(12)15-5-3-2-4-6-15/h2-8,10,12,18H,9,11H2,1H3. The number of phenolic OH excluding ortho intramolecular Hbond substituents is 1. The molecule has 1 aliphatic heterocycles. The van der Waals surface area contributed by atoms with Crippen molar-refractivity contribution in [3.8, 4) is 5.75 Å². The van der Waals surface area contributed by atoms with Crippen LogP contribution in [0.4, 0.5) is 5.69 Å². The maximum Gasteiger partial charge on any atom is 0.115 e. The van der Waals surface area contributed by atoms with Gasteiger partial charge in [0.2, 0.25) is 0 Å². The average Bonchev–Trinajstić information content (AvgIpc) is 2.39. The summed E-state index contributed by atoms with van der Waals surface area (Å²) in [5.41, 5.74) is 3.85. The summed E-state index contributed by atoms with van der Waals surface area (Å²) in [5.74, 6) is 0.370. The van der Waals surface area contributed by atoms with E-state index in [-0.39, 0.29) is 0 Å². The van der Waals surface area contributed by atoms with E-state index in [1.165, 1.54) is 16.8 Å². The van der Waals surface area contributed by atoms with Crippen molar-refractivity contribution in [2.45, 2.75) is 25.9 Å². The molecule has 1 N–H and O–H groups in total. The van der Waals surface area contributed by atoms with Gasteiger partial charge in [-0.1, -0.05) is 24.3 Å². The van der Waals surface area contributed by atoms with Crippen molar-refractivity contribution in [2.24, 2.45) is 0 Å². The van der Waals surface area contributed by atoms with Crippen LogP contribution in [-0.2, 0) is 13.0 Å². The van der Waals surface area contributed by atoms with Gasteiger partial charge in [0.1, 0.15) is 5.75 Å². The highest BCUT2D eigenvalue weighted by Gasteiger charge is 2.22. The molecule has 0 saturated carbocycles. The summed E-state index contributed by atoms with van der Waals surface area (Å²) < 4.78 is 0. The molecule has 0 aliphatic carbocycles. The van der Waals surface area contributed by atoms with Gasteiger partial charge in [-0.3, -0.25) is 0 Å². The second kappa shape index (κ2) is 4.37. The first kappa shape index (κ1) is 11.1. The van der Waals surface area contributed by atoms with Gasteiger partial charge in [-0.25, -0.2) is 0 Å². The van der Waals surface area contributed by atoms with E-state index in [0.717, 1.165) is 13.0 Å². The first-order chi connectivity index (χ1) is 8.74. The quantitative estimate of drug-likeness (QED) is 0.825. The minimum absolute atomic E-state index is 0.370. The van der Waals surface area contributed by atoms with Gasteiger partial charge in [0.25, 0.3) is 0 Å². The molecule has 2 aromatic carbocycles. The summed E-state index contributed by atoms with van der Waals surface area (Å²) in [6.45, 7) is 3.15.